The van der Waals surface area contributed by atoms with Crippen LogP contribution in [0.4, 0.5) is 0 Å². The first-order valence-electron chi connectivity index (χ1n) is 0.200. The van der Waals surface area contributed by atoms with Crippen molar-refractivity contribution in [3.8, 4) is 0 Å². The molecule has 4 heavy (non-hydrogen) atoms. The van der Waals surface area contributed by atoms with E-state index in [9.17, 15) is 0 Å². The molecule has 2 nitrogen and oxygen atoms in total. The van der Waals surface area contributed by atoms with Crippen LogP contribution in [0.5, 0.6) is 0 Å². The van der Waals surface area contributed by atoms with Crippen molar-refractivity contribution in [2.75, 3.05) is 0 Å². The molecule has 2 N–H and O–H groups in total. The van der Waals surface area contributed by atoms with E-state index < -0.39 is 0 Å². The van der Waals surface area contributed by atoms with E-state index in [1.165, 1.54) is 0 Å². The summed E-state index contributed by atoms with van der Waals surface area (Å²) >= 11 is 0. The first-order valence-corrected chi connectivity index (χ1v) is 0.200. The van der Waals surface area contributed by atoms with E-state index in [4.69, 9.17) is 10.5 Å². The van der Waals surface area contributed by atoms with E-state index >= 15 is 0 Å². The molecule has 0 radical (unpaired) electrons. The average Bonchev–Trinajstić information content (AvgIpc) is 1.00. The summed E-state index contributed by atoms with van der Waals surface area (Å²) in [5.41, 5.74) is 0. The van der Waals surface area contributed by atoms with Crippen LogP contribution in [0.1, 0.15) is 0 Å². The number of rotatable bonds is 0. The summed E-state index contributed by atoms with van der Waals surface area (Å²) in [6, 6.07) is 0. The van der Waals surface area contributed by atoms with Gasteiger partial charge in [-0.1, -0.05) is 0 Å². The van der Waals surface area contributed by atoms with E-state index in [-0.39, 0.29) is 54.6 Å². The van der Waals surface area contributed by atoms with Crippen molar-refractivity contribution in [1.82, 2.24) is 0 Å². The quantitative estimate of drug-likeness (QED) is 0.365. The molecule has 0 aromatic carbocycles. The molecule has 0 aromatic heterocycles. The molecule has 0 aliphatic carbocycles. The van der Waals surface area contributed by atoms with Gasteiger partial charge in [0.15, 0.2) is 0 Å². The summed E-state index contributed by atoms with van der Waals surface area (Å²) in [7, 11) is 0. The molecule has 0 aliphatic rings. The molecule has 0 bridgehead atoms. The Morgan fingerprint density at radius 2 is 0.750 bits per heavy atom. The summed E-state index contributed by atoms with van der Waals surface area (Å²) < 4.78 is 0. The molecule has 0 spiro atoms. The Labute approximate surface area is 64.5 Å². The van der Waals surface area contributed by atoms with E-state index in [1.807, 2.05) is 0 Å². The Bertz CT molecular complexity index is 4.00. The third-order valence-electron chi connectivity index (χ3n) is 0. The Balaban J connectivity index is -0.00000000500. The van der Waals surface area contributed by atoms with Gasteiger partial charge in [-0.2, -0.15) is 0 Å². The summed E-state index contributed by atoms with van der Waals surface area (Å²) in [5.74, 6) is 0. The standard InChI is InChI=1S/2Cd.H2O2/c;;1-2/h;;1-2H. The molecule has 0 atom stereocenters. The number of hydrogen-bond acceptors (Lipinski definition) is 2. The summed E-state index contributed by atoms with van der Waals surface area (Å²) in [6.07, 6.45) is 0. The normalized spacial score (nSPS) is 1.50. The summed E-state index contributed by atoms with van der Waals surface area (Å²) in [6.45, 7) is 0. The third kappa shape index (κ3) is 9.24. The zero-order valence-electron chi connectivity index (χ0n) is 2.31. The molecule has 0 amide bonds. The monoisotopic (exact) mass is 262 g/mol. The number of hydrogen-bond donors (Lipinski definition) is 2. The van der Waals surface area contributed by atoms with E-state index in [0.29, 0.717) is 0 Å². The fourth-order valence-electron chi connectivity index (χ4n) is 0. The molecule has 0 aliphatic heterocycles. The van der Waals surface area contributed by atoms with Crippen LogP contribution in [0.2, 0.25) is 0 Å². The van der Waals surface area contributed by atoms with Crippen LogP contribution in [0.15, 0.2) is 0 Å². The Morgan fingerprint density at radius 1 is 0.750 bits per heavy atom. The molecule has 0 fully saturated rings. The van der Waals surface area contributed by atoms with Gasteiger partial charge in [-0.3, -0.25) is 10.5 Å². The van der Waals surface area contributed by atoms with Crippen LogP contribution in [0.3, 0.4) is 0 Å². The van der Waals surface area contributed by atoms with Crippen LogP contribution in [0.25, 0.3) is 0 Å². The molecule has 0 saturated carbocycles. The second kappa shape index (κ2) is 21.7. The van der Waals surface area contributed by atoms with E-state index in [1.54, 1.807) is 0 Å². The molecule has 0 heterocycles. The van der Waals surface area contributed by atoms with Gasteiger partial charge in [0.05, 0.1) is 0 Å². The maximum absolute atomic E-state index is 6.00. The molecule has 0 unspecified atom stereocenters. The first kappa shape index (κ1) is 17.1. The van der Waals surface area contributed by atoms with Gasteiger partial charge in [0, 0.05) is 54.6 Å². The van der Waals surface area contributed by atoms with Gasteiger partial charge < -0.3 is 0 Å². The van der Waals surface area contributed by atoms with Crippen LogP contribution < -0.4 is 0 Å². The van der Waals surface area contributed by atoms with Crippen LogP contribution in [-0.4, -0.2) is 10.5 Å². The van der Waals surface area contributed by atoms with Gasteiger partial charge in [-0.05, 0) is 0 Å². The van der Waals surface area contributed by atoms with E-state index in [0.717, 1.165) is 0 Å². The predicted molar refractivity (Wildman–Crippen MR) is 5.26 cm³/mol. The smallest absolute Gasteiger partial charge is 0 e. The second-order valence-corrected chi connectivity index (χ2v) is 0. The Kier molecular flexibility index (Phi) is 92.8. The fourth-order valence-corrected chi connectivity index (χ4v) is 0. The van der Waals surface area contributed by atoms with Gasteiger partial charge in [0.25, 0.3) is 0 Å². The van der Waals surface area contributed by atoms with Crippen molar-refractivity contribution in [2.24, 2.45) is 0 Å². The Morgan fingerprint density at radius 3 is 0.750 bits per heavy atom. The topological polar surface area (TPSA) is 40.5 Å². The molecule has 4 heteroatoms. The second-order valence-electron chi connectivity index (χ2n) is 0. The van der Waals surface area contributed by atoms with Gasteiger partial charge in [-0.25, -0.2) is 0 Å². The van der Waals surface area contributed by atoms with Gasteiger partial charge >= 0.3 is 0 Å². The maximum Gasteiger partial charge on any atom is 0 e. The minimum Gasteiger partial charge on any atom is -0.255 e. The molecule has 18 valence electrons. The SMILES string of the molecule is OO.[Cd].[Cd]. The van der Waals surface area contributed by atoms with Gasteiger partial charge in [-0.15, -0.1) is 0 Å². The van der Waals surface area contributed by atoms with Crippen LogP contribution in [-0.2, 0) is 54.6 Å². The zero-order chi connectivity index (χ0) is 2.00. The van der Waals surface area contributed by atoms with Crippen molar-refractivity contribution in [2.45, 2.75) is 0 Å². The average molecular weight is 259 g/mol. The van der Waals surface area contributed by atoms with Crippen LogP contribution in [0, 0.1) is 0 Å². The molecular weight excluding hydrogens is 257 g/mol. The fraction of sp³-hybridized carbons (Fsp3) is 0. The van der Waals surface area contributed by atoms with Crippen molar-refractivity contribution in [1.29, 1.82) is 0 Å². The first-order chi connectivity index (χ1) is 1.00. The van der Waals surface area contributed by atoms with Gasteiger partial charge in [0.1, 0.15) is 0 Å². The van der Waals surface area contributed by atoms with Crippen LogP contribution >= 0.6 is 0 Å². The van der Waals surface area contributed by atoms with Crippen molar-refractivity contribution in [3.05, 3.63) is 0 Å². The van der Waals surface area contributed by atoms with Crippen molar-refractivity contribution < 1.29 is 65.1 Å². The molecule has 0 saturated heterocycles. The van der Waals surface area contributed by atoms with Gasteiger partial charge in [0.2, 0.25) is 0 Å². The summed E-state index contributed by atoms with van der Waals surface area (Å²) in [5, 5.41) is 12.0. The zero-order valence-corrected chi connectivity index (χ0v) is 10.4. The largest absolute Gasteiger partial charge is 0.255 e. The minimum absolute atomic E-state index is 0. The summed E-state index contributed by atoms with van der Waals surface area (Å²) in [4.78, 5) is 0. The molecule has 0 rings (SSSR count). The minimum atomic E-state index is 0. The molecule has 0 aromatic rings. The third-order valence-corrected chi connectivity index (χ3v) is 0. The van der Waals surface area contributed by atoms with E-state index in [2.05, 4.69) is 0 Å². The maximum atomic E-state index is 6.00. The van der Waals surface area contributed by atoms with Crippen molar-refractivity contribution in [3.63, 3.8) is 0 Å². The Hall–Kier alpha value is 1.76. The predicted octanol–water partition coefficient (Wildman–Crippen LogP) is 0.0124. The van der Waals surface area contributed by atoms with Crippen molar-refractivity contribution >= 4 is 0 Å². The molecular formula is H2Cd2O2.